The molecule has 0 bridgehead atoms. The fraction of sp³-hybridized carbons (Fsp3) is 0.519. The van der Waals surface area contributed by atoms with Gasteiger partial charge in [0.15, 0.2) is 9.84 Å². The number of amides is 1. The van der Waals surface area contributed by atoms with Gasteiger partial charge in [-0.25, -0.2) is 8.42 Å². The highest BCUT2D eigenvalue weighted by Gasteiger charge is 2.71. The Morgan fingerprint density at radius 3 is 2.17 bits per heavy atom. The maximum Gasteiger partial charge on any atom is 0.430 e. The Bertz CT molecular complexity index is 1420. The number of hydrogen-bond acceptors (Lipinski definition) is 4. The zero-order valence-corrected chi connectivity index (χ0v) is 27.0. The number of alkyl halides is 7. The summed E-state index contributed by atoms with van der Waals surface area (Å²) in [7, 11) is -4.31. The molecule has 41 heavy (non-hydrogen) atoms. The smallest absolute Gasteiger partial charge is 0.369 e. The number of likely N-dealkylation sites (tertiary alicyclic amines) is 1. The minimum absolute atomic E-state index is 0.00981. The average Bonchev–Trinajstić information content (AvgIpc) is 3.26. The molecular weight excluding hydrogens is 802 g/mol. The molecule has 0 aromatic heterocycles. The SMILES string of the molecule is CC(C)(I)CCC(=O)N1CC[C@@]2(S(=O)(=O)c3ccc(I)cc3)c3ccc(C(O)(C(F)(F)F)C(F)(F)F)cc3CC[C@@H]12. The van der Waals surface area contributed by atoms with Gasteiger partial charge in [0.25, 0.3) is 5.60 Å². The lowest BCUT2D eigenvalue weighted by Gasteiger charge is -2.43. The number of hydrogen-bond donors (Lipinski definition) is 1. The average molecular weight is 829 g/mol. The van der Waals surface area contributed by atoms with Gasteiger partial charge in [0.1, 0.15) is 4.75 Å². The Morgan fingerprint density at radius 2 is 1.63 bits per heavy atom. The summed E-state index contributed by atoms with van der Waals surface area (Å²) < 4.78 is 109. The van der Waals surface area contributed by atoms with Crippen molar-refractivity contribution in [1.82, 2.24) is 4.90 Å². The molecule has 0 saturated carbocycles. The van der Waals surface area contributed by atoms with Crippen LogP contribution in [-0.2, 0) is 31.4 Å². The van der Waals surface area contributed by atoms with Gasteiger partial charge in [0.05, 0.1) is 10.9 Å². The molecule has 2 aromatic rings. The Hall–Kier alpha value is -1.14. The van der Waals surface area contributed by atoms with E-state index < -0.39 is 44.1 Å². The number of halogens is 8. The van der Waals surface area contributed by atoms with E-state index in [4.69, 9.17) is 0 Å². The number of sulfone groups is 1. The van der Waals surface area contributed by atoms with Gasteiger partial charge in [-0.1, -0.05) is 54.6 Å². The van der Waals surface area contributed by atoms with Gasteiger partial charge < -0.3 is 10.0 Å². The number of carbonyl (C=O) groups excluding carboxylic acids is 1. The molecular formula is C27H27F6I2NO4S. The summed E-state index contributed by atoms with van der Waals surface area (Å²) >= 11 is 4.21. The first-order valence-electron chi connectivity index (χ1n) is 12.6. The summed E-state index contributed by atoms with van der Waals surface area (Å²) in [4.78, 5) is 14.8. The molecule has 1 fully saturated rings. The van der Waals surface area contributed by atoms with E-state index in [9.17, 15) is 44.7 Å². The molecule has 2 aliphatic rings. The second-order valence-corrected chi connectivity index (χ2v) is 17.4. The third kappa shape index (κ3) is 5.51. The first-order chi connectivity index (χ1) is 18.7. The van der Waals surface area contributed by atoms with E-state index in [0.717, 1.165) is 9.64 Å². The predicted molar refractivity (Wildman–Crippen MR) is 156 cm³/mol. The molecule has 1 amide bonds. The largest absolute Gasteiger partial charge is 0.430 e. The third-order valence-corrected chi connectivity index (χ3v) is 11.8. The first-order valence-corrected chi connectivity index (χ1v) is 16.3. The first kappa shape index (κ1) is 32.8. The molecule has 14 heteroatoms. The van der Waals surface area contributed by atoms with Crippen LogP contribution in [0.25, 0.3) is 0 Å². The molecule has 1 aliphatic heterocycles. The van der Waals surface area contributed by atoms with Crippen molar-refractivity contribution in [2.45, 2.75) is 83.0 Å². The minimum Gasteiger partial charge on any atom is -0.369 e. The van der Waals surface area contributed by atoms with Crippen molar-refractivity contribution in [1.29, 1.82) is 0 Å². The maximum atomic E-state index is 14.4. The lowest BCUT2D eigenvalue weighted by Crippen LogP contribution is -2.54. The molecule has 0 radical (unpaired) electrons. The van der Waals surface area contributed by atoms with Gasteiger partial charge in [-0.3, -0.25) is 4.79 Å². The molecule has 4 rings (SSSR count). The summed E-state index contributed by atoms with van der Waals surface area (Å²) in [5, 5.41) is 9.99. The number of fused-ring (bicyclic) bond motifs is 3. The molecule has 2 aromatic carbocycles. The van der Waals surface area contributed by atoms with Crippen LogP contribution >= 0.6 is 45.2 Å². The fourth-order valence-corrected chi connectivity index (χ4v) is 8.91. The number of nitrogens with zero attached hydrogens (tertiary/aromatic N) is 1. The van der Waals surface area contributed by atoms with Crippen molar-refractivity contribution in [3.63, 3.8) is 0 Å². The number of aliphatic hydroxyl groups is 1. The highest BCUT2D eigenvalue weighted by molar-refractivity contribution is 14.1. The molecule has 1 N–H and O–H groups in total. The Morgan fingerprint density at radius 1 is 1.05 bits per heavy atom. The van der Waals surface area contributed by atoms with E-state index in [1.54, 1.807) is 12.1 Å². The second-order valence-electron chi connectivity index (χ2n) is 11.0. The number of rotatable bonds is 6. The third-order valence-electron chi connectivity index (χ3n) is 7.98. The molecule has 1 heterocycles. The zero-order valence-electron chi connectivity index (χ0n) is 21.9. The predicted octanol–water partition coefficient (Wildman–Crippen LogP) is 6.81. The fourth-order valence-electron chi connectivity index (χ4n) is 5.91. The Kier molecular flexibility index (Phi) is 8.62. The minimum atomic E-state index is -6.08. The topological polar surface area (TPSA) is 74.7 Å². The van der Waals surface area contributed by atoms with Crippen molar-refractivity contribution >= 4 is 60.9 Å². The van der Waals surface area contributed by atoms with Gasteiger partial charge in [-0.15, -0.1) is 0 Å². The molecule has 226 valence electrons. The van der Waals surface area contributed by atoms with Crippen LogP contribution in [0.2, 0.25) is 0 Å². The quantitative estimate of drug-likeness (QED) is 0.197. The van der Waals surface area contributed by atoms with Crippen molar-refractivity contribution in [2.75, 3.05) is 6.54 Å². The molecule has 0 spiro atoms. The zero-order chi connectivity index (χ0) is 30.8. The Balaban J connectivity index is 1.90. The molecule has 1 aliphatic carbocycles. The van der Waals surface area contributed by atoms with E-state index in [0.29, 0.717) is 18.6 Å². The standard InChI is InChI=1S/C27H27F6I2NO4S/c1-23(2,35)12-11-22(37)36-14-13-24(41(39,40)19-7-5-18(34)6-8-19)20-9-4-17(15-16(20)3-10-21(24)36)25(38,26(28,29)30)27(31,32)33/h4-9,15,21,38H,3,10-14H2,1-2H3/t21-,24-/m1/s1. The van der Waals surface area contributed by atoms with Gasteiger partial charge in [0, 0.05) is 25.5 Å². The second kappa shape index (κ2) is 10.8. The van der Waals surface area contributed by atoms with Crippen LogP contribution in [-0.4, -0.2) is 52.7 Å². The highest BCUT2D eigenvalue weighted by Crippen LogP contribution is 2.55. The van der Waals surface area contributed by atoms with Gasteiger partial charge >= 0.3 is 12.4 Å². The van der Waals surface area contributed by atoms with Crippen LogP contribution in [0.3, 0.4) is 0 Å². The van der Waals surface area contributed by atoms with E-state index >= 15 is 0 Å². The van der Waals surface area contributed by atoms with E-state index in [1.807, 2.05) is 36.4 Å². The van der Waals surface area contributed by atoms with Crippen LogP contribution in [0.4, 0.5) is 26.3 Å². The van der Waals surface area contributed by atoms with Crippen LogP contribution in [0, 0.1) is 3.57 Å². The van der Waals surface area contributed by atoms with Crippen molar-refractivity contribution in [3.05, 3.63) is 62.7 Å². The molecule has 0 unspecified atom stereocenters. The van der Waals surface area contributed by atoms with Gasteiger partial charge in [-0.2, -0.15) is 26.3 Å². The van der Waals surface area contributed by atoms with Crippen LogP contribution < -0.4 is 0 Å². The number of benzene rings is 2. The summed E-state index contributed by atoms with van der Waals surface area (Å²) in [6.45, 7) is 3.97. The molecule has 1 saturated heterocycles. The van der Waals surface area contributed by atoms with Crippen molar-refractivity contribution < 1.29 is 44.7 Å². The lowest BCUT2D eigenvalue weighted by atomic mass is 9.76. The summed E-state index contributed by atoms with van der Waals surface area (Å²) in [6.07, 6.45) is -11.6. The lowest BCUT2D eigenvalue weighted by molar-refractivity contribution is -0.376. The number of carbonyl (C=O) groups is 1. The number of aryl methyl sites for hydroxylation is 1. The monoisotopic (exact) mass is 829 g/mol. The van der Waals surface area contributed by atoms with Gasteiger partial charge in [0.2, 0.25) is 5.91 Å². The normalized spacial score (nSPS) is 21.9. The van der Waals surface area contributed by atoms with E-state index in [2.05, 4.69) is 22.6 Å². The summed E-state index contributed by atoms with van der Waals surface area (Å²) in [6, 6.07) is 7.15. The highest BCUT2D eigenvalue weighted by atomic mass is 127. The van der Waals surface area contributed by atoms with Gasteiger partial charge in [-0.05, 0) is 83.7 Å². The summed E-state index contributed by atoms with van der Waals surface area (Å²) in [5.41, 5.74) is -6.57. The van der Waals surface area contributed by atoms with E-state index in [-0.39, 0.29) is 57.6 Å². The van der Waals surface area contributed by atoms with E-state index in [1.165, 1.54) is 17.0 Å². The van der Waals surface area contributed by atoms with Crippen molar-refractivity contribution in [2.24, 2.45) is 0 Å². The van der Waals surface area contributed by atoms with Crippen LogP contribution in [0.15, 0.2) is 47.4 Å². The van der Waals surface area contributed by atoms with Crippen LogP contribution in [0.5, 0.6) is 0 Å². The Labute approximate surface area is 261 Å². The summed E-state index contributed by atoms with van der Waals surface area (Å²) in [5.74, 6) is -0.261. The maximum absolute atomic E-state index is 14.4. The molecule has 2 atom stereocenters. The molecule has 5 nitrogen and oxygen atoms in total. The van der Waals surface area contributed by atoms with Crippen LogP contribution in [0.1, 0.15) is 56.2 Å². The van der Waals surface area contributed by atoms with Crippen molar-refractivity contribution in [3.8, 4) is 0 Å².